The average Bonchev–Trinajstić information content (AvgIpc) is 3.04. The third-order valence-corrected chi connectivity index (χ3v) is 4.62. The zero-order chi connectivity index (χ0) is 19.8. The Bertz CT molecular complexity index is 961. The number of nitrogens with zero attached hydrogens (tertiary/aromatic N) is 1. The molecule has 2 aromatic heterocycles. The number of rotatable bonds is 3. The first kappa shape index (κ1) is 19.2. The van der Waals surface area contributed by atoms with Crippen LogP contribution in [0.15, 0.2) is 48.5 Å². The van der Waals surface area contributed by atoms with Crippen molar-refractivity contribution in [3.05, 3.63) is 64.5 Å². The maximum absolute atomic E-state index is 12.8. The zero-order valence-corrected chi connectivity index (χ0v) is 14.5. The Hall–Kier alpha value is -2.55. The molecule has 0 fully saturated rings. The lowest BCUT2D eigenvalue weighted by Gasteiger charge is -2.10. The standard InChI is InChI=1S/C18H11F6NOS/c1-10-7-13(14-5-6-15(27-14)18(22,23)24)25-16(8-10)26-12-4-2-3-11(9-12)17(19,20)21/h2-9H,1H3. The number of hydrogen-bond acceptors (Lipinski definition) is 3. The molecule has 27 heavy (non-hydrogen) atoms. The Morgan fingerprint density at radius 3 is 2.26 bits per heavy atom. The Kier molecular flexibility index (Phi) is 4.90. The first-order valence-corrected chi connectivity index (χ1v) is 8.35. The summed E-state index contributed by atoms with van der Waals surface area (Å²) in [6.07, 6.45) is -8.97. The van der Waals surface area contributed by atoms with Gasteiger partial charge in [0.15, 0.2) is 0 Å². The van der Waals surface area contributed by atoms with Crippen molar-refractivity contribution >= 4 is 11.3 Å². The van der Waals surface area contributed by atoms with E-state index >= 15 is 0 Å². The molecule has 0 unspecified atom stereocenters. The van der Waals surface area contributed by atoms with Crippen LogP contribution in [0.5, 0.6) is 11.6 Å². The van der Waals surface area contributed by atoms with E-state index in [1.807, 2.05) is 0 Å². The van der Waals surface area contributed by atoms with Gasteiger partial charge < -0.3 is 4.74 Å². The summed E-state index contributed by atoms with van der Waals surface area (Å²) in [6, 6.07) is 9.59. The van der Waals surface area contributed by atoms with Crippen LogP contribution in [0.1, 0.15) is 16.0 Å². The summed E-state index contributed by atoms with van der Waals surface area (Å²) in [5.74, 6) is -0.0812. The predicted octanol–water partition coefficient (Wildman–Crippen LogP) is 6.95. The van der Waals surface area contributed by atoms with E-state index in [1.54, 1.807) is 13.0 Å². The fourth-order valence-corrected chi connectivity index (χ4v) is 3.13. The van der Waals surface area contributed by atoms with Gasteiger partial charge >= 0.3 is 12.4 Å². The third-order valence-electron chi connectivity index (χ3n) is 3.47. The van der Waals surface area contributed by atoms with E-state index in [2.05, 4.69) is 4.98 Å². The van der Waals surface area contributed by atoms with E-state index in [0.29, 0.717) is 16.9 Å². The summed E-state index contributed by atoms with van der Waals surface area (Å²) < 4.78 is 82.1. The highest BCUT2D eigenvalue weighted by Gasteiger charge is 2.33. The molecule has 142 valence electrons. The molecule has 3 rings (SSSR count). The summed E-state index contributed by atoms with van der Waals surface area (Å²) in [5.41, 5.74) is 0.0161. The van der Waals surface area contributed by atoms with Gasteiger partial charge in [-0.3, -0.25) is 0 Å². The van der Waals surface area contributed by atoms with Gasteiger partial charge in [-0.15, -0.1) is 11.3 Å². The number of aromatic nitrogens is 1. The van der Waals surface area contributed by atoms with Crippen molar-refractivity contribution < 1.29 is 31.1 Å². The van der Waals surface area contributed by atoms with E-state index in [4.69, 9.17) is 4.74 Å². The van der Waals surface area contributed by atoms with E-state index in [0.717, 1.165) is 18.2 Å². The lowest BCUT2D eigenvalue weighted by molar-refractivity contribution is -0.137. The molecule has 0 aliphatic carbocycles. The molecule has 9 heteroatoms. The van der Waals surface area contributed by atoms with Gasteiger partial charge in [0.1, 0.15) is 10.6 Å². The predicted molar refractivity (Wildman–Crippen MR) is 88.8 cm³/mol. The first-order chi connectivity index (χ1) is 12.5. The molecule has 0 atom stereocenters. The van der Waals surface area contributed by atoms with E-state index in [-0.39, 0.29) is 22.2 Å². The van der Waals surface area contributed by atoms with Crippen LogP contribution in [0.3, 0.4) is 0 Å². The summed E-state index contributed by atoms with van der Waals surface area (Å²) in [4.78, 5) is 3.64. The molecule has 3 aromatic rings. The number of halogens is 6. The molecule has 0 spiro atoms. The topological polar surface area (TPSA) is 22.1 Å². The number of aryl methyl sites for hydroxylation is 1. The molecule has 2 nitrogen and oxygen atoms in total. The van der Waals surface area contributed by atoms with Gasteiger partial charge in [-0.05, 0) is 48.9 Å². The molecular formula is C18H11F6NOS. The second kappa shape index (κ2) is 6.88. The number of pyridine rings is 1. The van der Waals surface area contributed by atoms with Gasteiger partial charge in [0.2, 0.25) is 5.88 Å². The van der Waals surface area contributed by atoms with Gasteiger partial charge in [-0.1, -0.05) is 6.07 Å². The lowest BCUT2D eigenvalue weighted by atomic mass is 10.2. The molecule has 0 amide bonds. The van der Waals surface area contributed by atoms with Crippen molar-refractivity contribution in [2.45, 2.75) is 19.3 Å². The molecule has 0 saturated heterocycles. The normalized spacial score (nSPS) is 12.3. The van der Waals surface area contributed by atoms with Crippen LogP contribution >= 0.6 is 11.3 Å². The van der Waals surface area contributed by atoms with Crippen LogP contribution in [0.4, 0.5) is 26.3 Å². The van der Waals surface area contributed by atoms with Crippen molar-refractivity contribution in [1.82, 2.24) is 4.98 Å². The van der Waals surface area contributed by atoms with Crippen LogP contribution in [0, 0.1) is 6.92 Å². The fraction of sp³-hybridized carbons (Fsp3) is 0.167. The molecule has 0 bridgehead atoms. The van der Waals surface area contributed by atoms with Gasteiger partial charge in [0, 0.05) is 6.07 Å². The smallest absolute Gasteiger partial charge is 0.425 e. The van der Waals surface area contributed by atoms with Gasteiger partial charge in [-0.25, -0.2) is 4.98 Å². The van der Waals surface area contributed by atoms with E-state index < -0.39 is 22.8 Å². The summed E-state index contributed by atoms with van der Waals surface area (Å²) >= 11 is 0.531. The van der Waals surface area contributed by atoms with Gasteiger partial charge in [0.05, 0.1) is 16.1 Å². The highest BCUT2D eigenvalue weighted by molar-refractivity contribution is 7.15. The van der Waals surface area contributed by atoms with Gasteiger partial charge in [0.25, 0.3) is 0 Å². The maximum Gasteiger partial charge on any atom is 0.425 e. The molecule has 0 N–H and O–H groups in total. The zero-order valence-electron chi connectivity index (χ0n) is 13.7. The number of alkyl halides is 6. The molecule has 2 heterocycles. The highest BCUT2D eigenvalue weighted by Crippen LogP contribution is 2.39. The SMILES string of the molecule is Cc1cc(Oc2cccc(C(F)(F)F)c2)nc(-c2ccc(C(F)(F)F)s2)c1. The second-order valence-electron chi connectivity index (χ2n) is 5.66. The largest absolute Gasteiger partial charge is 0.439 e. The minimum Gasteiger partial charge on any atom is -0.439 e. The molecular weight excluding hydrogens is 392 g/mol. The minimum absolute atomic E-state index is 0.00807. The van der Waals surface area contributed by atoms with Crippen LogP contribution in [-0.4, -0.2) is 4.98 Å². The Morgan fingerprint density at radius 1 is 0.889 bits per heavy atom. The second-order valence-corrected chi connectivity index (χ2v) is 6.74. The summed E-state index contributed by atoms with van der Waals surface area (Å²) in [6.45, 7) is 1.68. The number of ether oxygens (including phenoxy) is 1. The molecule has 0 aliphatic rings. The quantitative estimate of drug-likeness (QED) is 0.442. The van der Waals surface area contributed by atoms with Crippen molar-refractivity contribution in [2.75, 3.05) is 0 Å². The third kappa shape index (κ3) is 4.60. The van der Waals surface area contributed by atoms with Crippen molar-refractivity contribution in [2.24, 2.45) is 0 Å². The Labute approximate surface area is 154 Å². The van der Waals surface area contributed by atoms with Gasteiger partial charge in [-0.2, -0.15) is 26.3 Å². The van der Waals surface area contributed by atoms with Crippen LogP contribution in [-0.2, 0) is 12.4 Å². The summed E-state index contributed by atoms with van der Waals surface area (Å²) in [7, 11) is 0. The molecule has 1 aromatic carbocycles. The minimum atomic E-state index is -4.52. The Morgan fingerprint density at radius 2 is 1.63 bits per heavy atom. The van der Waals surface area contributed by atoms with E-state index in [1.165, 1.54) is 24.3 Å². The van der Waals surface area contributed by atoms with Crippen LogP contribution in [0.2, 0.25) is 0 Å². The lowest BCUT2D eigenvalue weighted by Crippen LogP contribution is -2.04. The average molecular weight is 403 g/mol. The van der Waals surface area contributed by atoms with Crippen molar-refractivity contribution in [3.8, 4) is 22.2 Å². The number of hydrogen-bond donors (Lipinski definition) is 0. The molecule has 0 aliphatic heterocycles. The monoisotopic (exact) mass is 403 g/mol. The van der Waals surface area contributed by atoms with Crippen LogP contribution < -0.4 is 4.74 Å². The number of thiophene rings is 1. The van der Waals surface area contributed by atoms with Crippen LogP contribution in [0.25, 0.3) is 10.6 Å². The highest BCUT2D eigenvalue weighted by atomic mass is 32.1. The first-order valence-electron chi connectivity index (χ1n) is 7.53. The summed E-state index contributed by atoms with van der Waals surface area (Å²) in [5, 5.41) is 0. The van der Waals surface area contributed by atoms with Crippen molar-refractivity contribution in [3.63, 3.8) is 0 Å². The van der Waals surface area contributed by atoms with E-state index in [9.17, 15) is 26.3 Å². The van der Waals surface area contributed by atoms with Crippen molar-refractivity contribution in [1.29, 1.82) is 0 Å². The fourth-order valence-electron chi connectivity index (χ4n) is 2.30. The maximum atomic E-state index is 12.8. The molecule has 0 radical (unpaired) electrons. The molecule has 0 saturated carbocycles. The Balaban J connectivity index is 1.91. The number of benzene rings is 1.